The molecule has 1 aliphatic carbocycles. The largest absolute Gasteiger partial charge is 0.310 e. The van der Waals surface area contributed by atoms with E-state index in [1.807, 2.05) is 0 Å². The highest BCUT2D eigenvalue weighted by Crippen LogP contribution is 2.53. The number of anilines is 3. The van der Waals surface area contributed by atoms with Crippen molar-refractivity contribution in [3.05, 3.63) is 211 Å². The number of fused-ring (bicyclic) bond motifs is 3. The Morgan fingerprint density at radius 3 is 1.33 bits per heavy atom. The summed E-state index contributed by atoms with van der Waals surface area (Å²) in [5, 5.41) is 0. The van der Waals surface area contributed by atoms with E-state index in [-0.39, 0.29) is 5.41 Å². The van der Waals surface area contributed by atoms with Gasteiger partial charge >= 0.3 is 0 Å². The number of rotatable bonds is 7. The summed E-state index contributed by atoms with van der Waals surface area (Å²) >= 11 is 0. The van der Waals surface area contributed by atoms with Crippen LogP contribution in [0.5, 0.6) is 0 Å². The number of nitrogens with zero attached hydrogens (tertiary/aromatic N) is 1. The van der Waals surface area contributed by atoms with Gasteiger partial charge < -0.3 is 4.90 Å². The molecule has 248 valence electrons. The maximum atomic E-state index is 2.41. The summed E-state index contributed by atoms with van der Waals surface area (Å²) in [5.74, 6) is 0. The molecule has 0 aromatic heterocycles. The Morgan fingerprint density at radius 1 is 0.308 bits per heavy atom. The second kappa shape index (κ2) is 13.0. The first kappa shape index (κ1) is 31.5. The summed E-state index contributed by atoms with van der Waals surface area (Å²) in [4.78, 5) is 2.40. The van der Waals surface area contributed by atoms with E-state index in [2.05, 4.69) is 219 Å². The molecule has 1 aliphatic rings. The molecule has 0 unspecified atom stereocenters. The smallest absolute Gasteiger partial charge is 0.0468 e. The molecule has 0 atom stereocenters. The number of hydrogen-bond acceptors (Lipinski definition) is 1. The van der Waals surface area contributed by atoms with Crippen molar-refractivity contribution in [2.75, 3.05) is 4.90 Å². The molecule has 9 rings (SSSR count). The summed E-state index contributed by atoms with van der Waals surface area (Å²) in [5.41, 5.74) is 18.4. The molecular weight excluding hydrogens is 627 g/mol. The normalized spacial score (nSPS) is 12.6. The van der Waals surface area contributed by atoms with E-state index >= 15 is 0 Å². The first-order valence-electron chi connectivity index (χ1n) is 18.1. The lowest BCUT2D eigenvalue weighted by Crippen LogP contribution is -2.15. The van der Waals surface area contributed by atoms with Gasteiger partial charge in [-0.1, -0.05) is 172 Å². The summed E-state index contributed by atoms with van der Waals surface area (Å²) in [6.07, 6.45) is 0. The van der Waals surface area contributed by atoms with Crippen molar-refractivity contribution in [2.45, 2.75) is 19.3 Å². The van der Waals surface area contributed by atoms with Gasteiger partial charge in [0.15, 0.2) is 0 Å². The van der Waals surface area contributed by atoms with Crippen LogP contribution < -0.4 is 4.90 Å². The first-order chi connectivity index (χ1) is 25.5. The monoisotopic (exact) mass is 665 g/mol. The Bertz CT molecular complexity index is 2500. The van der Waals surface area contributed by atoms with Gasteiger partial charge in [-0.05, 0) is 109 Å². The van der Waals surface area contributed by atoms with Crippen molar-refractivity contribution in [2.24, 2.45) is 0 Å². The molecule has 0 heterocycles. The van der Waals surface area contributed by atoms with Gasteiger partial charge in [0.2, 0.25) is 0 Å². The zero-order valence-corrected chi connectivity index (χ0v) is 29.5. The SMILES string of the molecule is CC1(C)c2ccc(N(c3ccc(-c4ccccc4)cc3)c3ccc(-c4cccc(-c5ccccc5)c4)cc3)cc2-c2c(-c3ccccc3)cccc21. The van der Waals surface area contributed by atoms with Gasteiger partial charge in [0, 0.05) is 22.5 Å². The van der Waals surface area contributed by atoms with Gasteiger partial charge in [-0.2, -0.15) is 0 Å². The molecule has 8 aromatic carbocycles. The minimum atomic E-state index is -0.105. The summed E-state index contributed by atoms with van der Waals surface area (Å²) in [7, 11) is 0. The highest BCUT2D eigenvalue weighted by atomic mass is 15.1. The highest BCUT2D eigenvalue weighted by Gasteiger charge is 2.37. The summed E-state index contributed by atoms with van der Waals surface area (Å²) < 4.78 is 0. The average Bonchev–Trinajstić information content (AvgIpc) is 3.45. The van der Waals surface area contributed by atoms with Crippen LogP contribution in [-0.4, -0.2) is 0 Å². The Morgan fingerprint density at radius 2 is 0.750 bits per heavy atom. The van der Waals surface area contributed by atoms with Gasteiger partial charge in [0.25, 0.3) is 0 Å². The van der Waals surface area contributed by atoms with Crippen LogP contribution in [0.1, 0.15) is 25.0 Å². The molecule has 0 spiro atoms. The van der Waals surface area contributed by atoms with Crippen molar-refractivity contribution in [3.8, 4) is 55.6 Å². The van der Waals surface area contributed by atoms with Crippen LogP contribution in [0.15, 0.2) is 200 Å². The average molecular weight is 666 g/mol. The predicted molar refractivity (Wildman–Crippen MR) is 220 cm³/mol. The summed E-state index contributed by atoms with van der Waals surface area (Å²) in [6.45, 7) is 4.72. The molecule has 0 N–H and O–H groups in total. The zero-order chi connectivity index (χ0) is 35.1. The van der Waals surface area contributed by atoms with Gasteiger partial charge in [-0.25, -0.2) is 0 Å². The molecule has 0 saturated carbocycles. The maximum absolute atomic E-state index is 2.41. The third kappa shape index (κ3) is 5.61. The van der Waals surface area contributed by atoms with E-state index in [0.29, 0.717) is 0 Å². The lowest BCUT2D eigenvalue weighted by Gasteiger charge is -2.27. The molecule has 0 saturated heterocycles. The second-order valence-electron chi connectivity index (χ2n) is 14.2. The van der Waals surface area contributed by atoms with E-state index in [1.165, 1.54) is 66.8 Å². The van der Waals surface area contributed by atoms with Crippen LogP contribution in [0.3, 0.4) is 0 Å². The fraction of sp³-hybridized carbons (Fsp3) is 0.0588. The van der Waals surface area contributed by atoms with Gasteiger partial charge in [-0.15, -0.1) is 0 Å². The fourth-order valence-corrected chi connectivity index (χ4v) is 7.98. The molecule has 1 nitrogen and oxygen atoms in total. The Hall–Kier alpha value is -6.44. The maximum Gasteiger partial charge on any atom is 0.0468 e. The number of benzene rings is 8. The Kier molecular flexibility index (Phi) is 7.90. The first-order valence-corrected chi connectivity index (χ1v) is 18.1. The van der Waals surface area contributed by atoms with Gasteiger partial charge in [-0.3, -0.25) is 0 Å². The van der Waals surface area contributed by atoms with Crippen LogP contribution >= 0.6 is 0 Å². The fourth-order valence-electron chi connectivity index (χ4n) is 7.98. The minimum absolute atomic E-state index is 0.105. The van der Waals surface area contributed by atoms with Crippen molar-refractivity contribution in [1.82, 2.24) is 0 Å². The van der Waals surface area contributed by atoms with E-state index in [1.54, 1.807) is 0 Å². The zero-order valence-electron chi connectivity index (χ0n) is 29.5. The highest BCUT2D eigenvalue weighted by molar-refractivity contribution is 5.95. The van der Waals surface area contributed by atoms with Crippen LogP contribution in [0.2, 0.25) is 0 Å². The topological polar surface area (TPSA) is 3.24 Å². The molecule has 52 heavy (non-hydrogen) atoms. The molecule has 1 heteroatoms. The van der Waals surface area contributed by atoms with Crippen LogP contribution in [0.25, 0.3) is 55.6 Å². The van der Waals surface area contributed by atoms with Crippen LogP contribution in [-0.2, 0) is 5.41 Å². The molecule has 0 aliphatic heterocycles. The second-order valence-corrected chi connectivity index (χ2v) is 14.2. The third-order valence-corrected chi connectivity index (χ3v) is 10.7. The molecule has 0 bridgehead atoms. The van der Waals surface area contributed by atoms with Crippen molar-refractivity contribution < 1.29 is 0 Å². The van der Waals surface area contributed by atoms with Crippen molar-refractivity contribution in [1.29, 1.82) is 0 Å². The quantitative estimate of drug-likeness (QED) is 0.164. The van der Waals surface area contributed by atoms with E-state index < -0.39 is 0 Å². The van der Waals surface area contributed by atoms with Crippen LogP contribution in [0.4, 0.5) is 17.1 Å². The van der Waals surface area contributed by atoms with E-state index in [4.69, 9.17) is 0 Å². The molecular formula is C51H39N. The standard InChI is InChI=1S/C51H39N/c1-51(2)48-33-32-45(35-47(48)50-46(22-13-23-49(50)51)40-18-10-5-11-19-40)52(43-28-24-38(25-29-43)36-14-6-3-7-15-36)44-30-26-39(27-31-44)42-21-12-20-41(34-42)37-16-8-4-9-17-37/h3-35H,1-2H3. The minimum Gasteiger partial charge on any atom is -0.310 e. The Balaban J connectivity index is 1.16. The predicted octanol–water partition coefficient (Wildman–Crippen LogP) is 14.1. The molecule has 0 amide bonds. The number of hydrogen-bond donors (Lipinski definition) is 0. The third-order valence-electron chi connectivity index (χ3n) is 10.7. The van der Waals surface area contributed by atoms with Gasteiger partial charge in [0.05, 0.1) is 0 Å². The van der Waals surface area contributed by atoms with Crippen molar-refractivity contribution >= 4 is 17.1 Å². The molecule has 8 aromatic rings. The van der Waals surface area contributed by atoms with E-state index in [9.17, 15) is 0 Å². The molecule has 0 fully saturated rings. The van der Waals surface area contributed by atoms with Gasteiger partial charge in [0.1, 0.15) is 0 Å². The lowest BCUT2D eigenvalue weighted by molar-refractivity contribution is 0.660. The van der Waals surface area contributed by atoms with E-state index in [0.717, 1.165) is 17.1 Å². The van der Waals surface area contributed by atoms with Crippen molar-refractivity contribution in [3.63, 3.8) is 0 Å². The molecule has 0 radical (unpaired) electrons. The summed E-state index contributed by atoms with van der Waals surface area (Å²) in [6, 6.07) is 72.7. The van der Waals surface area contributed by atoms with Crippen LogP contribution in [0, 0.1) is 0 Å². The lowest BCUT2D eigenvalue weighted by atomic mass is 9.82. The Labute approximate surface area is 307 Å².